The molecule has 2 nitrogen and oxygen atoms in total. The molecule has 94 valence electrons. The first-order valence-electron chi connectivity index (χ1n) is 5.48. The Bertz CT molecular complexity index is 412. The third-order valence-electron chi connectivity index (χ3n) is 2.03. The normalized spacial score (nSPS) is 11.4. The van der Waals surface area contributed by atoms with Crippen molar-refractivity contribution in [2.45, 2.75) is 32.4 Å². The van der Waals surface area contributed by atoms with E-state index in [-0.39, 0.29) is 10.7 Å². The lowest BCUT2D eigenvalue weighted by molar-refractivity contribution is -0.113. The second-order valence-electron chi connectivity index (χ2n) is 4.93. The van der Waals surface area contributed by atoms with E-state index in [0.29, 0.717) is 5.75 Å². The van der Waals surface area contributed by atoms with E-state index in [9.17, 15) is 4.79 Å². The van der Waals surface area contributed by atoms with Crippen molar-refractivity contribution in [2.75, 3.05) is 11.1 Å². The molecule has 1 amide bonds. The lowest BCUT2D eigenvalue weighted by Crippen LogP contribution is -2.19. The van der Waals surface area contributed by atoms with Crippen LogP contribution in [-0.4, -0.2) is 16.4 Å². The lowest BCUT2D eigenvalue weighted by Gasteiger charge is -2.17. The molecular formula is C13H18BrNOS. The molecule has 0 saturated heterocycles. The molecule has 0 atom stereocenters. The summed E-state index contributed by atoms with van der Waals surface area (Å²) in [5, 5.41) is 2.90. The van der Waals surface area contributed by atoms with E-state index in [2.05, 4.69) is 42.0 Å². The van der Waals surface area contributed by atoms with Gasteiger partial charge in [-0.3, -0.25) is 4.79 Å². The minimum Gasteiger partial charge on any atom is -0.324 e. The highest BCUT2D eigenvalue weighted by Gasteiger charge is 2.13. The molecule has 0 aliphatic heterocycles. The molecular weight excluding hydrogens is 298 g/mol. The van der Waals surface area contributed by atoms with Gasteiger partial charge in [-0.25, -0.2) is 0 Å². The zero-order chi connectivity index (χ0) is 13.1. The van der Waals surface area contributed by atoms with Gasteiger partial charge in [0.2, 0.25) is 5.91 Å². The van der Waals surface area contributed by atoms with E-state index in [4.69, 9.17) is 0 Å². The molecule has 0 radical (unpaired) electrons. The van der Waals surface area contributed by atoms with Gasteiger partial charge in [-0.05, 0) is 40.5 Å². The monoisotopic (exact) mass is 315 g/mol. The zero-order valence-corrected chi connectivity index (χ0v) is 13.0. The van der Waals surface area contributed by atoms with Gasteiger partial charge >= 0.3 is 0 Å². The number of carbonyl (C=O) groups excluding carboxylic acids is 1. The first-order chi connectivity index (χ1) is 7.78. The molecule has 0 spiro atoms. The van der Waals surface area contributed by atoms with Gasteiger partial charge in [-0.15, -0.1) is 11.8 Å². The second-order valence-corrected chi connectivity index (χ2v) is 7.59. The number of hydrogen-bond donors (Lipinski definition) is 1. The molecule has 17 heavy (non-hydrogen) atoms. The predicted molar refractivity (Wildman–Crippen MR) is 79.7 cm³/mol. The summed E-state index contributed by atoms with van der Waals surface area (Å²) in [7, 11) is 0. The van der Waals surface area contributed by atoms with Gasteiger partial charge in [0, 0.05) is 9.22 Å². The van der Waals surface area contributed by atoms with Crippen LogP contribution in [0.5, 0.6) is 0 Å². The fourth-order valence-electron chi connectivity index (χ4n) is 1.19. The molecule has 1 aromatic carbocycles. The van der Waals surface area contributed by atoms with Crippen LogP contribution >= 0.6 is 27.7 Å². The standard InChI is InChI=1S/C13H18BrNOS/c1-9-5-6-11(10(14)7-9)15-12(16)8-17-13(2,3)4/h5-7H,8H2,1-4H3,(H,15,16). The second kappa shape index (κ2) is 5.91. The average Bonchev–Trinajstić information content (AvgIpc) is 2.18. The third-order valence-corrected chi connectivity index (χ3v) is 3.96. The molecule has 0 saturated carbocycles. The Kier molecular flexibility index (Phi) is 5.07. The topological polar surface area (TPSA) is 29.1 Å². The summed E-state index contributed by atoms with van der Waals surface area (Å²) in [6.07, 6.45) is 0. The number of thioether (sulfide) groups is 1. The van der Waals surface area contributed by atoms with Crippen LogP contribution in [0.15, 0.2) is 22.7 Å². The fourth-order valence-corrected chi connectivity index (χ4v) is 2.42. The van der Waals surface area contributed by atoms with Crippen molar-refractivity contribution in [1.29, 1.82) is 0 Å². The number of halogens is 1. The predicted octanol–water partition coefficient (Wildman–Crippen LogP) is 4.23. The van der Waals surface area contributed by atoms with Crippen molar-refractivity contribution in [2.24, 2.45) is 0 Å². The summed E-state index contributed by atoms with van der Waals surface area (Å²) in [4.78, 5) is 11.7. The van der Waals surface area contributed by atoms with Crippen LogP contribution in [0.1, 0.15) is 26.3 Å². The number of hydrogen-bond acceptors (Lipinski definition) is 2. The van der Waals surface area contributed by atoms with E-state index in [1.165, 1.54) is 5.56 Å². The molecule has 0 aliphatic carbocycles. The number of nitrogens with one attached hydrogen (secondary N) is 1. The summed E-state index contributed by atoms with van der Waals surface area (Å²) in [6, 6.07) is 5.89. The fraction of sp³-hybridized carbons (Fsp3) is 0.462. The SMILES string of the molecule is Cc1ccc(NC(=O)CSC(C)(C)C)c(Br)c1. The Morgan fingerprint density at radius 2 is 2.06 bits per heavy atom. The molecule has 1 aromatic rings. The Morgan fingerprint density at radius 1 is 1.41 bits per heavy atom. The Hall–Kier alpha value is -0.480. The maximum absolute atomic E-state index is 11.7. The number of carbonyl (C=O) groups is 1. The molecule has 1 N–H and O–H groups in total. The van der Waals surface area contributed by atoms with Crippen LogP contribution in [0, 0.1) is 6.92 Å². The largest absolute Gasteiger partial charge is 0.324 e. The average molecular weight is 316 g/mol. The van der Waals surface area contributed by atoms with Crippen LogP contribution < -0.4 is 5.32 Å². The summed E-state index contributed by atoms with van der Waals surface area (Å²) in [5.74, 6) is 0.513. The van der Waals surface area contributed by atoms with Gasteiger partial charge in [0.25, 0.3) is 0 Å². The van der Waals surface area contributed by atoms with E-state index < -0.39 is 0 Å². The van der Waals surface area contributed by atoms with Gasteiger partial charge in [-0.2, -0.15) is 0 Å². The summed E-state index contributed by atoms with van der Waals surface area (Å²) in [6.45, 7) is 8.33. The zero-order valence-electron chi connectivity index (χ0n) is 10.6. The molecule has 4 heteroatoms. The minimum atomic E-state index is 0.0366. The van der Waals surface area contributed by atoms with Gasteiger partial charge < -0.3 is 5.32 Å². The van der Waals surface area contributed by atoms with Gasteiger partial charge in [0.1, 0.15) is 0 Å². The van der Waals surface area contributed by atoms with Crippen molar-refractivity contribution in [3.8, 4) is 0 Å². The van der Waals surface area contributed by atoms with Crippen LogP contribution in [0.3, 0.4) is 0 Å². The van der Waals surface area contributed by atoms with Crippen LogP contribution in [-0.2, 0) is 4.79 Å². The van der Waals surface area contributed by atoms with Crippen molar-refractivity contribution < 1.29 is 4.79 Å². The summed E-state index contributed by atoms with van der Waals surface area (Å²) < 4.78 is 1.04. The van der Waals surface area contributed by atoms with Gasteiger partial charge in [0.15, 0.2) is 0 Å². The maximum Gasteiger partial charge on any atom is 0.234 e. The Morgan fingerprint density at radius 3 is 2.59 bits per heavy atom. The highest BCUT2D eigenvalue weighted by atomic mass is 79.9. The number of anilines is 1. The van der Waals surface area contributed by atoms with Crippen molar-refractivity contribution in [3.05, 3.63) is 28.2 Å². The Labute approximate surface area is 116 Å². The summed E-state index contributed by atoms with van der Waals surface area (Å²) in [5.41, 5.74) is 1.99. The van der Waals surface area contributed by atoms with Crippen molar-refractivity contribution in [1.82, 2.24) is 0 Å². The maximum atomic E-state index is 11.7. The molecule has 0 unspecified atom stereocenters. The van der Waals surface area contributed by atoms with E-state index in [1.807, 2.05) is 25.1 Å². The van der Waals surface area contributed by atoms with Crippen LogP contribution in [0.2, 0.25) is 0 Å². The van der Waals surface area contributed by atoms with Crippen molar-refractivity contribution in [3.63, 3.8) is 0 Å². The molecule has 0 aliphatic rings. The molecule has 0 heterocycles. The van der Waals surface area contributed by atoms with E-state index in [0.717, 1.165) is 10.2 Å². The van der Waals surface area contributed by atoms with Crippen molar-refractivity contribution >= 4 is 39.3 Å². The third kappa shape index (κ3) is 5.59. The molecule has 0 aromatic heterocycles. The minimum absolute atomic E-state index is 0.0366. The summed E-state index contributed by atoms with van der Waals surface area (Å²) >= 11 is 5.09. The highest BCUT2D eigenvalue weighted by molar-refractivity contribution is 9.10. The van der Waals surface area contributed by atoms with E-state index >= 15 is 0 Å². The first kappa shape index (κ1) is 14.6. The number of amides is 1. The Balaban J connectivity index is 2.57. The van der Waals surface area contributed by atoms with Gasteiger partial charge in [-0.1, -0.05) is 26.8 Å². The van der Waals surface area contributed by atoms with Crippen LogP contribution in [0.4, 0.5) is 5.69 Å². The molecule has 0 bridgehead atoms. The van der Waals surface area contributed by atoms with Crippen LogP contribution in [0.25, 0.3) is 0 Å². The molecule has 1 rings (SSSR count). The lowest BCUT2D eigenvalue weighted by atomic mass is 10.2. The number of rotatable bonds is 3. The smallest absolute Gasteiger partial charge is 0.234 e. The highest BCUT2D eigenvalue weighted by Crippen LogP contribution is 2.25. The first-order valence-corrected chi connectivity index (χ1v) is 7.26. The molecule has 0 fully saturated rings. The van der Waals surface area contributed by atoms with Gasteiger partial charge in [0.05, 0.1) is 11.4 Å². The quantitative estimate of drug-likeness (QED) is 0.904. The van der Waals surface area contributed by atoms with E-state index in [1.54, 1.807) is 11.8 Å². The number of aryl methyl sites for hydroxylation is 1. The number of benzene rings is 1.